The highest BCUT2D eigenvalue weighted by atomic mass is 32.2. The van der Waals surface area contributed by atoms with Crippen LogP contribution in [0.15, 0.2) is 57.2 Å². The average molecular weight is 294 g/mol. The Hall–Kier alpha value is -1.50. The van der Waals surface area contributed by atoms with Crippen molar-refractivity contribution in [2.75, 3.05) is 5.73 Å². The van der Waals surface area contributed by atoms with Crippen LogP contribution in [0.25, 0.3) is 0 Å². The maximum Gasteiger partial charge on any atom is 0.238 e. The molecule has 0 bridgehead atoms. The minimum atomic E-state index is -3.71. The Morgan fingerprint density at radius 1 is 1.05 bits per heavy atom. The fourth-order valence-corrected chi connectivity index (χ4v) is 3.03. The number of sulfonamides is 1. The molecule has 0 unspecified atom stereocenters. The van der Waals surface area contributed by atoms with E-state index in [1.54, 1.807) is 6.07 Å². The minimum absolute atomic E-state index is 0.0660. The van der Waals surface area contributed by atoms with Crippen LogP contribution in [0, 0.1) is 6.92 Å². The molecular weight excluding hydrogens is 280 g/mol. The van der Waals surface area contributed by atoms with E-state index in [4.69, 9.17) is 10.9 Å². The number of hydrogen-bond acceptors (Lipinski definition) is 4. The summed E-state index contributed by atoms with van der Waals surface area (Å²) < 4.78 is 22.6. The zero-order valence-corrected chi connectivity index (χ0v) is 12.0. The lowest BCUT2D eigenvalue weighted by molar-refractivity contribution is 0.597. The predicted octanol–water partition coefficient (Wildman–Crippen LogP) is 2.38. The van der Waals surface area contributed by atoms with Gasteiger partial charge in [0, 0.05) is 15.5 Å². The summed E-state index contributed by atoms with van der Waals surface area (Å²) in [4.78, 5) is 1.73. The Labute approximate surface area is 116 Å². The molecule has 6 heteroatoms. The zero-order valence-electron chi connectivity index (χ0n) is 10.3. The van der Waals surface area contributed by atoms with E-state index in [0.717, 1.165) is 10.5 Å². The van der Waals surface area contributed by atoms with Gasteiger partial charge >= 0.3 is 0 Å². The second kappa shape index (κ2) is 5.24. The summed E-state index contributed by atoms with van der Waals surface area (Å²) >= 11 is 1.41. The van der Waals surface area contributed by atoms with Crippen molar-refractivity contribution in [3.05, 3.63) is 48.0 Å². The van der Waals surface area contributed by atoms with E-state index in [9.17, 15) is 8.42 Å². The van der Waals surface area contributed by atoms with Crippen LogP contribution >= 0.6 is 11.8 Å². The Bertz CT molecular complexity index is 695. The zero-order chi connectivity index (χ0) is 14.0. The minimum Gasteiger partial charge on any atom is -0.398 e. The Kier molecular flexibility index (Phi) is 3.84. The van der Waals surface area contributed by atoms with Gasteiger partial charge in [-0.25, -0.2) is 13.6 Å². The molecule has 2 aromatic rings. The molecule has 2 aromatic carbocycles. The van der Waals surface area contributed by atoms with Crippen LogP contribution in [0.5, 0.6) is 0 Å². The van der Waals surface area contributed by atoms with Crippen molar-refractivity contribution in [2.24, 2.45) is 5.14 Å². The summed E-state index contributed by atoms with van der Waals surface area (Å²) in [5, 5.41) is 5.11. The maximum absolute atomic E-state index is 11.3. The molecule has 0 atom stereocenters. The molecule has 100 valence electrons. The molecule has 0 aromatic heterocycles. The molecule has 0 fully saturated rings. The van der Waals surface area contributed by atoms with Crippen LogP contribution in [-0.2, 0) is 10.0 Å². The van der Waals surface area contributed by atoms with Crippen molar-refractivity contribution in [3.63, 3.8) is 0 Å². The highest BCUT2D eigenvalue weighted by molar-refractivity contribution is 7.99. The van der Waals surface area contributed by atoms with Gasteiger partial charge in [0.25, 0.3) is 0 Å². The molecule has 0 saturated carbocycles. The molecule has 0 radical (unpaired) electrons. The summed E-state index contributed by atoms with van der Waals surface area (Å²) in [6.07, 6.45) is 0. The van der Waals surface area contributed by atoms with Gasteiger partial charge in [0.05, 0.1) is 4.90 Å². The molecule has 0 saturated heterocycles. The van der Waals surface area contributed by atoms with Gasteiger partial charge in [-0.1, -0.05) is 29.5 Å². The van der Waals surface area contributed by atoms with E-state index in [-0.39, 0.29) is 4.90 Å². The van der Waals surface area contributed by atoms with Crippen LogP contribution in [0.2, 0.25) is 0 Å². The first-order valence-electron chi connectivity index (χ1n) is 5.53. The first-order chi connectivity index (χ1) is 8.86. The fraction of sp³-hybridized carbons (Fsp3) is 0.0769. The van der Waals surface area contributed by atoms with Crippen molar-refractivity contribution in [3.8, 4) is 0 Å². The first-order valence-corrected chi connectivity index (χ1v) is 7.89. The Balaban J connectivity index is 2.37. The van der Waals surface area contributed by atoms with Crippen molar-refractivity contribution in [2.45, 2.75) is 21.6 Å². The lowest BCUT2D eigenvalue weighted by Gasteiger charge is -2.07. The molecule has 4 nitrogen and oxygen atoms in total. The second-order valence-electron chi connectivity index (χ2n) is 4.16. The summed E-state index contributed by atoms with van der Waals surface area (Å²) in [5.41, 5.74) is 7.54. The predicted molar refractivity (Wildman–Crippen MR) is 77.5 cm³/mol. The number of primary sulfonamides is 1. The Morgan fingerprint density at radius 2 is 1.68 bits per heavy atom. The summed E-state index contributed by atoms with van der Waals surface area (Å²) in [5.74, 6) is 0. The lowest BCUT2D eigenvalue weighted by atomic mass is 10.2. The highest BCUT2D eigenvalue weighted by Crippen LogP contribution is 2.33. The van der Waals surface area contributed by atoms with E-state index in [1.807, 2.05) is 31.2 Å². The van der Waals surface area contributed by atoms with Crippen LogP contribution in [0.3, 0.4) is 0 Å². The number of anilines is 1. The third kappa shape index (κ3) is 3.50. The van der Waals surface area contributed by atoms with Gasteiger partial charge in [0.1, 0.15) is 0 Å². The van der Waals surface area contributed by atoms with Gasteiger partial charge in [-0.15, -0.1) is 0 Å². The molecule has 0 aliphatic carbocycles. The third-order valence-corrected chi connectivity index (χ3v) is 4.55. The van der Waals surface area contributed by atoms with Crippen molar-refractivity contribution in [1.29, 1.82) is 0 Å². The standard InChI is InChI=1S/C13H14N2O2S2/c1-9-2-4-10(5-3-9)18-13-8-11(19(15,16)17)6-7-12(13)14/h2-8H,14H2,1H3,(H2,15,16,17). The monoisotopic (exact) mass is 294 g/mol. The number of rotatable bonds is 3. The van der Waals surface area contributed by atoms with E-state index in [0.29, 0.717) is 10.6 Å². The van der Waals surface area contributed by atoms with Gasteiger partial charge in [0.15, 0.2) is 0 Å². The Morgan fingerprint density at radius 3 is 2.26 bits per heavy atom. The summed E-state index contributed by atoms with van der Waals surface area (Å²) in [7, 11) is -3.71. The van der Waals surface area contributed by atoms with Gasteiger partial charge < -0.3 is 5.73 Å². The van der Waals surface area contributed by atoms with Crippen LogP contribution in [0.4, 0.5) is 5.69 Å². The number of nitrogens with two attached hydrogens (primary N) is 2. The topological polar surface area (TPSA) is 86.2 Å². The summed E-state index contributed by atoms with van der Waals surface area (Å²) in [6.45, 7) is 2.00. The largest absolute Gasteiger partial charge is 0.398 e. The van der Waals surface area contributed by atoms with E-state index >= 15 is 0 Å². The fourth-order valence-electron chi connectivity index (χ4n) is 1.51. The molecule has 0 heterocycles. The highest BCUT2D eigenvalue weighted by Gasteiger charge is 2.11. The van der Waals surface area contributed by atoms with Crippen molar-refractivity contribution >= 4 is 27.5 Å². The number of hydrogen-bond donors (Lipinski definition) is 2. The molecule has 19 heavy (non-hydrogen) atoms. The lowest BCUT2D eigenvalue weighted by Crippen LogP contribution is -2.12. The molecule has 4 N–H and O–H groups in total. The first kappa shape index (κ1) is 13.9. The van der Waals surface area contributed by atoms with Gasteiger partial charge in [-0.05, 0) is 37.3 Å². The van der Waals surface area contributed by atoms with E-state index < -0.39 is 10.0 Å². The average Bonchev–Trinajstić information content (AvgIpc) is 2.33. The summed E-state index contributed by atoms with van der Waals surface area (Å²) in [6, 6.07) is 12.4. The molecule has 0 aliphatic rings. The molecule has 0 spiro atoms. The number of aryl methyl sites for hydroxylation is 1. The van der Waals surface area contributed by atoms with Gasteiger partial charge in [-0.2, -0.15) is 0 Å². The van der Waals surface area contributed by atoms with Crippen LogP contribution in [-0.4, -0.2) is 8.42 Å². The van der Waals surface area contributed by atoms with E-state index in [1.165, 1.54) is 23.9 Å². The quantitative estimate of drug-likeness (QED) is 0.851. The van der Waals surface area contributed by atoms with Gasteiger partial charge in [0.2, 0.25) is 10.0 Å². The normalized spacial score (nSPS) is 11.5. The maximum atomic E-state index is 11.3. The molecule has 0 amide bonds. The second-order valence-corrected chi connectivity index (χ2v) is 6.84. The van der Waals surface area contributed by atoms with Crippen LogP contribution in [0.1, 0.15) is 5.56 Å². The molecule has 0 aliphatic heterocycles. The molecule has 2 rings (SSSR count). The van der Waals surface area contributed by atoms with Crippen molar-refractivity contribution in [1.82, 2.24) is 0 Å². The number of nitrogen functional groups attached to an aromatic ring is 1. The van der Waals surface area contributed by atoms with Crippen LogP contribution < -0.4 is 10.9 Å². The smallest absolute Gasteiger partial charge is 0.238 e. The van der Waals surface area contributed by atoms with Gasteiger partial charge in [-0.3, -0.25) is 0 Å². The van der Waals surface area contributed by atoms with Crippen molar-refractivity contribution < 1.29 is 8.42 Å². The third-order valence-electron chi connectivity index (χ3n) is 2.56. The molecular formula is C13H14N2O2S2. The van der Waals surface area contributed by atoms with E-state index in [2.05, 4.69) is 0 Å². The number of benzene rings is 2. The SMILES string of the molecule is Cc1ccc(Sc2cc(S(N)(=O)=O)ccc2N)cc1.